The van der Waals surface area contributed by atoms with E-state index in [2.05, 4.69) is 93.7 Å². The second-order valence-electron chi connectivity index (χ2n) is 14.7. The molecular formula is C49H82O6. The minimum Gasteiger partial charge on any atom is -0.462 e. The van der Waals surface area contributed by atoms with Gasteiger partial charge in [-0.05, 0) is 57.8 Å². The molecule has 0 aliphatic heterocycles. The topological polar surface area (TPSA) is 78.9 Å². The van der Waals surface area contributed by atoms with Crippen molar-refractivity contribution in [3.8, 4) is 0 Å². The number of carbonyl (C=O) groups is 3. The van der Waals surface area contributed by atoms with Crippen molar-refractivity contribution in [2.45, 2.75) is 207 Å². The standard InChI is InChI=1S/C49H82O6/c1-4-7-10-13-16-19-21-23-24-26-27-30-33-36-39-42-48(51)54-45-46(44-53-47(50)41-38-35-32-29-18-15-12-9-6-3)55-49(52)43-40-37-34-31-28-25-22-20-17-14-11-8-5-2/h7-8,10-11,13-14,16-17,19-22,46H,4-6,9,12,15,18,23-45H2,1-3H3/b10-7-,11-8-,16-13-,17-14-,21-19-,22-20-. The van der Waals surface area contributed by atoms with Gasteiger partial charge in [-0.3, -0.25) is 14.4 Å². The van der Waals surface area contributed by atoms with Crippen LogP contribution in [-0.2, 0) is 28.6 Å². The minimum absolute atomic E-state index is 0.0876. The van der Waals surface area contributed by atoms with Crippen LogP contribution in [0.2, 0.25) is 0 Å². The van der Waals surface area contributed by atoms with Gasteiger partial charge in [-0.25, -0.2) is 0 Å². The summed E-state index contributed by atoms with van der Waals surface area (Å²) in [6.45, 7) is 6.31. The van der Waals surface area contributed by atoms with E-state index in [4.69, 9.17) is 14.2 Å². The van der Waals surface area contributed by atoms with Gasteiger partial charge < -0.3 is 14.2 Å². The Labute approximate surface area is 338 Å². The van der Waals surface area contributed by atoms with Crippen LogP contribution in [0.3, 0.4) is 0 Å². The highest BCUT2D eigenvalue weighted by Crippen LogP contribution is 2.14. The molecule has 0 aliphatic rings. The lowest BCUT2D eigenvalue weighted by atomic mass is 10.1. The molecule has 0 aromatic rings. The highest BCUT2D eigenvalue weighted by atomic mass is 16.6. The van der Waals surface area contributed by atoms with E-state index in [1.807, 2.05) is 0 Å². The summed E-state index contributed by atoms with van der Waals surface area (Å²) in [6.07, 6.45) is 53.1. The maximum Gasteiger partial charge on any atom is 0.306 e. The van der Waals surface area contributed by atoms with E-state index >= 15 is 0 Å². The molecule has 6 nitrogen and oxygen atoms in total. The quantitative estimate of drug-likeness (QED) is 0.0268. The number of rotatable bonds is 39. The Morgan fingerprint density at radius 3 is 1.09 bits per heavy atom. The van der Waals surface area contributed by atoms with Crippen LogP contribution in [0, 0.1) is 0 Å². The largest absolute Gasteiger partial charge is 0.462 e. The minimum atomic E-state index is -0.786. The monoisotopic (exact) mass is 767 g/mol. The lowest BCUT2D eigenvalue weighted by Crippen LogP contribution is -2.30. The average molecular weight is 767 g/mol. The molecular weight excluding hydrogens is 685 g/mol. The molecule has 55 heavy (non-hydrogen) atoms. The fourth-order valence-electron chi connectivity index (χ4n) is 5.97. The van der Waals surface area contributed by atoms with Crippen LogP contribution in [0.5, 0.6) is 0 Å². The van der Waals surface area contributed by atoms with Crippen molar-refractivity contribution < 1.29 is 28.6 Å². The smallest absolute Gasteiger partial charge is 0.306 e. The van der Waals surface area contributed by atoms with Crippen molar-refractivity contribution in [3.05, 3.63) is 72.9 Å². The lowest BCUT2D eigenvalue weighted by molar-refractivity contribution is -0.167. The van der Waals surface area contributed by atoms with Crippen LogP contribution >= 0.6 is 0 Å². The predicted octanol–water partition coefficient (Wildman–Crippen LogP) is 14.3. The second kappa shape index (κ2) is 43.6. The molecule has 0 radical (unpaired) electrons. The summed E-state index contributed by atoms with van der Waals surface area (Å²) in [5, 5.41) is 0. The third-order valence-corrected chi connectivity index (χ3v) is 9.33. The van der Waals surface area contributed by atoms with Crippen LogP contribution in [0.1, 0.15) is 201 Å². The summed E-state index contributed by atoms with van der Waals surface area (Å²) in [5.41, 5.74) is 0. The fraction of sp³-hybridized carbons (Fsp3) is 0.694. The number of carbonyl (C=O) groups excluding carboxylic acids is 3. The van der Waals surface area contributed by atoms with E-state index in [0.717, 1.165) is 96.3 Å². The summed E-state index contributed by atoms with van der Waals surface area (Å²) in [4.78, 5) is 37.7. The molecule has 314 valence electrons. The average Bonchev–Trinajstić information content (AvgIpc) is 3.18. The van der Waals surface area contributed by atoms with E-state index < -0.39 is 6.10 Å². The zero-order chi connectivity index (χ0) is 40.1. The van der Waals surface area contributed by atoms with Crippen LogP contribution in [0.25, 0.3) is 0 Å². The van der Waals surface area contributed by atoms with E-state index in [9.17, 15) is 14.4 Å². The van der Waals surface area contributed by atoms with Gasteiger partial charge >= 0.3 is 17.9 Å². The van der Waals surface area contributed by atoms with Crippen molar-refractivity contribution in [3.63, 3.8) is 0 Å². The highest BCUT2D eigenvalue weighted by Gasteiger charge is 2.19. The van der Waals surface area contributed by atoms with Crippen molar-refractivity contribution in [1.82, 2.24) is 0 Å². The van der Waals surface area contributed by atoms with Gasteiger partial charge in [0.05, 0.1) is 0 Å². The Hall–Kier alpha value is -3.15. The Morgan fingerprint density at radius 2 is 0.709 bits per heavy atom. The first-order valence-electron chi connectivity index (χ1n) is 22.5. The molecule has 0 heterocycles. The zero-order valence-corrected chi connectivity index (χ0v) is 35.7. The highest BCUT2D eigenvalue weighted by molar-refractivity contribution is 5.71. The SMILES string of the molecule is CC\C=C/C=C\C=C/CCCCCCCCCC(=O)OCC(COC(=O)CCCCCCCCCCC)OC(=O)CCCCCCC\C=C/C=C\C=C/CC. The van der Waals surface area contributed by atoms with Gasteiger partial charge in [-0.2, -0.15) is 0 Å². The Kier molecular flexibility index (Phi) is 41.1. The molecule has 0 fully saturated rings. The third-order valence-electron chi connectivity index (χ3n) is 9.33. The van der Waals surface area contributed by atoms with Crippen molar-refractivity contribution in [2.24, 2.45) is 0 Å². The Bertz CT molecular complexity index is 1070. The van der Waals surface area contributed by atoms with Gasteiger partial charge in [-0.15, -0.1) is 0 Å². The van der Waals surface area contributed by atoms with E-state index in [1.165, 1.54) is 64.2 Å². The maximum atomic E-state index is 12.7. The normalized spacial score (nSPS) is 12.7. The molecule has 0 spiro atoms. The zero-order valence-electron chi connectivity index (χ0n) is 35.7. The fourth-order valence-corrected chi connectivity index (χ4v) is 5.97. The molecule has 1 unspecified atom stereocenters. The molecule has 0 aromatic carbocycles. The summed E-state index contributed by atoms with van der Waals surface area (Å²) < 4.78 is 16.7. The number of ether oxygens (including phenoxy) is 3. The first-order chi connectivity index (χ1) is 27.0. The van der Waals surface area contributed by atoms with Crippen LogP contribution < -0.4 is 0 Å². The van der Waals surface area contributed by atoms with Gasteiger partial charge in [0, 0.05) is 19.3 Å². The molecule has 6 heteroatoms. The maximum absolute atomic E-state index is 12.7. The van der Waals surface area contributed by atoms with E-state index in [0.29, 0.717) is 19.3 Å². The molecule has 0 aliphatic carbocycles. The first kappa shape index (κ1) is 51.9. The summed E-state index contributed by atoms with van der Waals surface area (Å²) in [6, 6.07) is 0. The number of hydrogen-bond donors (Lipinski definition) is 0. The second-order valence-corrected chi connectivity index (χ2v) is 14.7. The molecule has 0 rings (SSSR count). The van der Waals surface area contributed by atoms with Gasteiger partial charge in [0.15, 0.2) is 6.10 Å². The van der Waals surface area contributed by atoms with E-state index in [1.54, 1.807) is 0 Å². The van der Waals surface area contributed by atoms with Crippen molar-refractivity contribution in [1.29, 1.82) is 0 Å². The molecule has 0 aromatic heterocycles. The van der Waals surface area contributed by atoms with Gasteiger partial charge in [-0.1, -0.05) is 196 Å². The molecule has 1 atom stereocenters. The summed E-state index contributed by atoms with van der Waals surface area (Å²) >= 11 is 0. The van der Waals surface area contributed by atoms with Gasteiger partial charge in [0.1, 0.15) is 13.2 Å². The molecule has 0 saturated heterocycles. The Balaban J connectivity index is 4.41. The van der Waals surface area contributed by atoms with Gasteiger partial charge in [0.25, 0.3) is 0 Å². The molecule has 0 saturated carbocycles. The molecule has 0 bridgehead atoms. The van der Waals surface area contributed by atoms with Crippen LogP contribution in [0.15, 0.2) is 72.9 Å². The summed E-state index contributed by atoms with van der Waals surface area (Å²) in [7, 11) is 0. The number of hydrogen-bond acceptors (Lipinski definition) is 6. The first-order valence-corrected chi connectivity index (χ1v) is 22.5. The molecule has 0 N–H and O–H groups in total. The lowest BCUT2D eigenvalue weighted by Gasteiger charge is -2.18. The van der Waals surface area contributed by atoms with Crippen LogP contribution in [-0.4, -0.2) is 37.2 Å². The third kappa shape index (κ3) is 41.8. The molecule has 0 amide bonds. The van der Waals surface area contributed by atoms with E-state index in [-0.39, 0.29) is 31.1 Å². The van der Waals surface area contributed by atoms with Crippen molar-refractivity contribution in [2.75, 3.05) is 13.2 Å². The van der Waals surface area contributed by atoms with Crippen LogP contribution in [0.4, 0.5) is 0 Å². The number of esters is 3. The van der Waals surface area contributed by atoms with Gasteiger partial charge in [0.2, 0.25) is 0 Å². The predicted molar refractivity (Wildman–Crippen MR) is 233 cm³/mol. The Morgan fingerprint density at radius 1 is 0.382 bits per heavy atom. The van der Waals surface area contributed by atoms with Crippen molar-refractivity contribution >= 4 is 17.9 Å². The number of allylic oxidation sites excluding steroid dienone is 12. The summed E-state index contributed by atoms with van der Waals surface area (Å²) in [5.74, 6) is -0.929. The number of unbranched alkanes of at least 4 members (excludes halogenated alkanes) is 20.